The molecule has 1 N–H and O–H groups in total. The molecule has 0 amide bonds. The van der Waals surface area contributed by atoms with Crippen LogP contribution in [0, 0.1) is 0 Å². The normalized spacial score (nSPS) is 10.5. The molecule has 3 heteroatoms. The van der Waals surface area contributed by atoms with Gasteiger partial charge in [0.05, 0.1) is 0 Å². The largest absolute Gasteiger partial charge is 0.338 e. The quantitative estimate of drug-likeness (QED) is 0.695. The molecule has 0 rings (SSSR count). The van der Waals surface area contributed by atoms with Crippen LogP contribution in [0.1, 0.15) is 20.8 Å². The molecule has 0 atom stereocenters. The van der Waals surface area contributed by atoms with Gasteiger partial charge in [0.15, 0.2) is 0 Å². The Hall–Kier alpha value is 0.394. The Labute approximate surface area is 82.2 Å². The van der Waals surface area contributed by atoms with E-state index in [1.165, 1.54) is 12.1 Å². The third kappa shape index (κ3) is 22.4. The van der Waals surface area contributed by atoms with Gasteiger partial charge in [-0.2, -0.15) is 0 Å². The van der Waals surface area contributed by atoms with Gasteiger partial charge in [0.2, 0.25) is 0 Å². The van der Waals surface area contributed by atoms with Gasteiger partial charge in [-0.1, -0.05) is 52.5 Å². The van der Waals surface area contributed by atoms with Gasteiger partial charge in [0, 0.05) is 9.52 Å². The maximum atomic E-state index is 3.42. The highest BCUT2D eigenvalue weighted by atomic mass is 28.3. The molecule has 0 bridgehead atoms. The summed E-state index contributed by atoms with van der Waals surface area (Å²) in [7, 11) is -0.475. The smallest absolute Gasteiger partial charge is 0.116 e. The average molecular weight is 205 g/mol. The van der Waals surface area contributed by atoms with Crippen LogP contribution in [-0.2, 0) is 0 Å². The lowest BCUT2D eigenvalue weighted by molar-refractivity contribution is 0.967. The molecule has 76 valence electrons. The van der Waals surface area contributed by atoms with Crippen molar-refractivity contribution in [2.45, 2.75) is 52.5 Å². The molecular formula is C9H27NSi2. The number of nitrogens with one attached hydrogen (secondary N) is 1. The second-order valence-electron chi connectivity index (χ2n) is 4.13. The zero-order valence-corrected chi connectivity index (χ0v) is 12.2. The second-order valence-corrected chi connectivity index (χ2v) is 11.7. The SMILES string of the molecule is CCN[Si](C)(C)C.CC[SiH2]CC. The molecule has 0 saturated heterocycles. The third-order valence-corrected chi connectivity index (χ3v) is 4.24. The van der Waals surface area contributed by atoms with Crippen molar-refractivity contribution in [1.82, 2.24) is 4.98 Å². The second kappa shape index (κ2) is 9.48. The van der Waals surface area contributed by atoms with Crippen molar-refractivity contribution in [2.75, 3.05) is 6.54 Å². The van der Waals surface area contributed by atoms with Crippen LogP contribution in [0.15, 0.2) is 0 Å². The Morgan fingerprint density at radius 2 is 1.42 bits per heavy atom. The molecule has 0 aliphatic rings. The van der Waals surface area contributed by atoms with E-state index in [2.05, 4.69) is 45.4 Å². The Balaban J connectivity index is 0. The first-order chi connectivity index (χ1) is 5.47. The van der Waals surface area contributed by atoms with Crippen LogP contribution in [0.5, 0.6) is 0 Å². The Morgan fingerprint density at radius 1 is 1.00 bits per heavy atom. The highest BCUT2D eigenvalue weighted by molar-refractivity contribution is 6.73. The molecular weight excluding hydrogens is 178 g/mol. The first-order valence-corrected chi connectivity index (χ1v) is 10.7. The zero-order valence-electron chi connectivity index (χ0n) is 9.83. The molecule has 1 nitrogen and oxygen atoms in total. The minimum atomic E-state index is -0.907. The Bertz CT molecular complexity index is 77.1. The summed E-state index contributed by atoms with van der Waals surface area (Å²) < 4.78 is 0. The third-order valence-electron chi connectivity index (χ3n) is 1.41. The van der Waals surface area contributed by atoms with Crippen molar-refractivity contribution < 1.29 is 0 Å². The van der Waals surface area contributed by atoms with E-state index in [0.717, 1.165) is 6.54 Å². The fraction of sp³-hybridized carbons (Fsp3) is 1.00. The number of hydrogen-bond acceptors (Lipinski definition) is 1. The Kier molecular flexibility index (Phi) is 11.8. The van der Waals surface area contributed by atoms with Crippen LogP contribution in [0.4, 0.5) is 0 Å². The first kappa shape index (κ1) is 14.9. The van der Waals surface area contributed by atoms with E-state index in [0.29, 0.717) is 9.52 Å². The van der Waals surface area contributed by atoms with Crippen LogP contribution >= 0.6 is 0 Å². The maximum Gasteiger partial charge on any atom is 0.116 e. The molecule has 0 radical (unpaired) electrons. The summed E-state index contributed by atoms with van der Waals surface area (Å²) in [5.41, 5.74) is 0. The lowest BCUT2D eigenvalue weighted by Crippen LogP contribution is -2.40. The van der Waals surface area contributed by atoms with Crippen LogP contribution in [0.3, 0.4) is 0 Å². The van der Waals surface area contributed by atoms with Gasteiger partial charge in [-0.3, -0.25) is 0 Å². The number of hydrogen-bond donors (Lipinski definition) is 1. The van der Waals surface area contributed by atoms with E-state index in [9.17, 15) is 0 Å². The van der Waals surface area contributed by atoms with E-state index in [4.69, 9.17) is 0 Å². The molecule has 0 saturated carbocycles. The van der Waals surface area contributed by atoms with Gasteiger partial charge in [0.25, 0.3) is 0 Å². The summed E-state index contributed by atoms with van der Waals surface area (Å²) in [5, 5.41) is 0. The molecule has 0 spiro atoms. The fourth-order valence-corrected chi connectivity index (χ4v) is 2.65. The Morgan fingerprint density at radius 3 is 1.42 bits per heavy atom. The molecule has 12 heavy (non-hydrogen) atoms. The van der Waals surface area contributed by atoms with Gasteiger partial charge in [0.1, 0.15) is 8.24 Å². The maximum absolute atomic E-state index is 3.42. The van der Waals surface area contributed by atoms with Crippen LogP contribution < -0.4 is 4.98 Å². The van der Waals surface area contributed by atoms with Crippen LogP contribution in [0.2, 0.25) is 31.7 Å². The van der Waals surface area contributed by atoms with Crippen molar-refractivity contribution in [3.8, 4) is 0 Å². The predicted octanol–water partition coefficient (Wildman–Crippen LogP) is 2.46. The molecule has 0 fully saturated rings. The number of rotatable bonds is 4. The van der Waals surface area contributed by atoms with Crippen molar-refractivity contribution in [3.05, 3.63) is 0 Å². The topological polar surface area (TPSA) is 12.0 Å². The monoisotopic (exact) mass is 205 g/mol. The van der Waals surface area contributed by atoms with Crippen molar-refractivity contribution in [2.24, 2.45) is 0 Å². The van der Waals surface area contributed by atoms with Crippen LogP contribution in [0.25, 0.3) is 0 Å². The summed E-state index contributed by atoms with van der Waals surface area (Å²) in [6.07, 6.45) is 0. The molecule has 0 aromatic heterocycles. The van der Waals surface area contributed by atoms with Gasteiger partial charge in [-0.15, -0.1) is 0 Å². The van der Waals surface area contributed by atoms with E-state index in [-0.39, 0.29) is 0 Å². The van der Waals surface area contributed by atoms with Gasteiger partial charge in [-0.05, 0) is 6.54 Å². The van der Waals surface area contributed by atoms with Crippen molar-refractivity contribution >= 4 is 17.8 Å². The molecule has 0 aliphatic carbocycles. The standard InChI is InChI=1S/C5H15NSi.C4H12Si/c1-5-6-7(2,3)4;1-3-5-4-2/h6H,5H2,1-4H3;3-5H2,1-2H3. The van der Waals surface area contributed by atoms with Gasteiger partial charge in [-0.25, -0.2) is 0 Å². The van der Waals surface area contributed by atoms with Crippen LogP contribution in [-0.4, -0.2) is 24.3 Å². The van der Waals surface area contributed by atoms with Gasteiger partial charge >= 0.3 is 0 Å². The molecule has 0 aliphatic heterocycles. The highest BCUT2D eigenvalue weighted by Crippen LogP contribution is 1.91. The summed E-state index contributed by atoms with van der Waals surface area (Å²) in [4.78, 5) is 3.42. The first-order valence-electron chi connectivity index (χ1n) is 5.22. The molecule has 0 unspecified atom stereocenters. The minimum absolute atomic E-state index is 0.432. The predicted molar refractivity (Wildman–Crippen MR) is 66.5 cm³/mol. The van der Waals surface area contributed by atoms with E-state index in [1.807, 2.05) is 0 Å². The van der Waals surface area contributed by atoms with E-state index >= 15 is 0 Å². The summed E-state index contributed by atoms with van der Waals surface area (Å²) in [5.74, 6) is 0. The lowest BCUT2D eigenvalue weighted by Gasteiger charge is -2.15. The lowest BCUT2D eigenvalue weighted by atomic mass is 10.8. The average Bonchev–Trinajstić information content (AvgIpc) is 1.87. The van der Waals surface area contributed by atoms with Gasteiger partial charge < -0.3 is 4.98 Å². The summed E-state index contributed by atoms with van der Waals surface area (Å²) in [6, 6.07) is 2.97. The zero-order chi connectivity index (χ0) is 10.0. The molecule has 0 heterocycles. The van der Waals surface area contributed by atoms with E-state index in [1.54, 1.807) is 0 Å². The van der Waals surface area contributed by atoms with E-state index < -0.39 is 8.24 Å². The van der Waals surface area contributed by atoms with Crippen molar-refractivity contribution in [3.63, 3.8) is 0 Å². The molecule has 0 aromatic carbocycles. The van der Waals surface area contributed by atoms with Crippen molar-refractivity contribution in [1.29, 1.82) is 0 Å². The minimum Gasteiger partial charge on any atom is -0.338 e. The summed E-state index contributed by atoms with van der Waals surface area (Å²) >= 11 is 0. The summed E-state index contributed by atoms with van der Waals surface area (Å²) in [6.45, 7) is 14.7. The molecule has 0 aromatic rings. The highest BCUT2D eigenvalue weighted by Gasteiger charge is 2.08. The fourth-order valence-electron chi connectivity index (χ4n) is 0.884.